The predicted octanol–water partition coefficient (Wildman–Crippen LogP) is 5.92. The van der Waals surface area contributed by atoms with E-state index in [1.807, 2.05) is 24.3 Å². The molecule has 0 aliphatic heterocycles. The first-order chi connectivity index (χ1) is 14.4. The second kappa shape index (κ2) is 8.22. The van der Waals surface area contributed by atoms with E-state index in [0.29, 0.717) is 32.2 Å². The lowest BCUT2D eigenvalue weighted by Gasteiger charge is -2.14. The number of fused-ring (bicyclic) bond motifs is 1. The van der Waals surface area contributed by atoms with Gasteiger partial charge in [0.05, 0.1) is 22.7 Å². The smallest absolute Gasteiger partial charge is 0.268 e. The summed E-state index contributed by atoms with van der Waals surface area (Å²) in [4.78, 5) is 27.5. The van der Waals surface area contributed by atoms with Gasteiger partial charge in [-0.15, -0.1) is 0 Å². The van der Waals surface area contributed by atoms with Crippen LogP contribution in [0.15, 0.2) is 64.1 Å². The lowest BCUT2D eigenvalue weighted by Crippen LogP contribution is -2.18. The number of methoxy groups -OCH3 is 1. The summed E-state index contributed by atoms with van der Waals surface area (Å²) >= 11 is 16.7. The van der Waals surface area contributed by atoms with Crippen molar-refractivity contribution in [3.05, 3.63) is 85.3 Å². The maximum Gasteiger partial charge on any atom is 0.268 e. The topological polar surface area (TPSA) is 60.7 Å². The Morgan fingerprint density at radius 2 is 1.83 bits per heavy atom. The highest BCUT2D eigenvalue weighted by Gasteiger charge is 2.16. The van der Waals surface area contributed by atoms with Crippen molar-refractivity contribution in [2.45, 2.75) is 0 Å². The van der Waals surface area contributed by atoms with E-state index in [1.165, 1.54) is 10.6 Å². The van der Waals surface area contributed by atoms with Crippen molar-refractivity contribution in [3.63, 3.8) is 0 Å². The van der Waals surface area contributed by atoms with Gasteiger partial charge in [-0.25, -0.2) is 4.98 Å². The van der Waals surface area contributed by atoms with Crippen LogP contribution in [0.4, 0.5) is 0 Å². The third-order valence-corrected chi connectivity index (χ3v) is 6.37. The van der Waals surface area contributed by atoms with Crippen LogP contribution in [-0.4, -0.2) is 22.8 Å². The van der Waals surface area contributed by atoms with Gasteiger partial charge in [0, 0.05) is 33.6 Å². The zero-order chi connectivity index (χ0) is 21.4. The van der Waals surface area contributed by atoms with Gasteiger partial charge in [0.15, 0.2) is 6.29 Å². The van der Waals surface area contributed by atoms with Crippen molar-refractivity contribution >= 4 is 51.1 Å². The molecule has 0 fully saturated rings. The summed E-state index contributed by atoms with van der Waals surface area (Å²) in [5, 5.41) is 1.01. The van der Waals surface area contributed by atoms with Gasteiger partial charge in [0.25, 0.3) is 5.56 Å². The Bertz CT molecular complexity index is 1370. The highest BCUT2D eigenvalue weighted by Crippen LogP contribution is 2.43. The third kappa shape index (κ3) is 3.51. The molecular formula is C22H13BrCl2N2O3. The molecule has 5 nitrogen and oxygen atoms in total. The van der Waals surface area contributed by atoms with Gasteiger partial charge in [-0.05, 0) is 45.8 Å². The summed E-state index contributed by atoms with van der Waals surface area (Å²) in [6.07, 6.45) is 3.33. The van der Waals surface area contributed by atoms with Crippen LogP contribution in [0.25, 0.3) is 27.9 Å². The highest BCUT2D eigenvalue weighted by molar-refractivity contribution is 9.10. The van der Waals surface area contributed by atoms with Crippen molar-refractivity contribution in [1.29, 1.82) is 0 Å². The van der Waals surface area contributed by atoms with E-state index in [4.69, 9.17) is 27.9 Å². The summed E-state index contributed by atoms with van der Waals surface area (Å²) in [7, 11) is 1.58. The third-order valence-electron chi connectivity index (χ3n) is 4.70. The first-order valence-electron chi connectivity index (χ1n) is 8.73. The van der Waals surface area contributed by atoms with Crippen LogP contribution < -0.4 is 10.3 Å². The summed E-state index contributed by atoms with van der Waals surface area (Å²) in [6, 6.07) is 12.7. The zero-order valence-corrected chi connectivity index (χ0v) is 18.6. The quantitative estimate of drug-likeness (QED) is 0.324. The summed E-state index contributed by atoms with van der Waals surface area (Å²) in [5.41, 5.74) is 2.96. The van der Waals surface area contributed by atoms with Gasteiger partial charge in [0.1, 0.15) is 11.4 Å². The fraction of sp³-hybridized carbons (Fsp3) is 0.0455. The molecule has 0 spiro atoms. The van der Waals surface area contributed by atoms with Crippen LogP contribution in [0, 0.1) is 0 Å². The van der Waals surface area contributed by atoms with Gasteiger partial charge < -0.3 is 4.74 Å². The molecule has 0 saturated heterocycles. The molecule has 0 atom stereocenters. The number of hydrogen-bond acceptors (Lipinski definition) is 4. The Hall–Kier alpha value is -2.67. The van der Waals surface area contributed by atoms with Crippen LogP contribution in [0.2, 0.25) is 10.0 Å². The molecule has 30 heavy (non-hydrogen) atoms. The Morgan fingerprint density at radius 3 is 2.57 bits per heavy atom. The molecule has 0 amide bonds. The first kappa shape index (κ1) is 20.6. The maximum atomic E-state index is 12.3. The minimum atomic E-state index is -0.422. The Kier molecular flexibility index (Phi) is 5.64. The second-order valence-corrected chi connectivity index (χ2v) is 8.03. The molecule has 4 aromatic rings. The predicted molar refractivity (Wildman–Crippen MR) is 122 cm³/mol. The molecule has 2 aromatic heterocycles. The van der Waals surface area contributed by atoms with Crippen LogP contribution in [-0.2, 0) is 0 Å². The first-order valence-corrected chi connectivity index (χ1v) is 10.3. The SMILES string of the molecule is COc1cc(Br)c(Cl)c(-c2cccc(-c3ccn4c(=O)c(C=O)cnc4c3)c2Cl)c1. The maximum absolute atomic E-state index is 12.3. The molecule has 0 saturated carbocycles. The fourth-order valence-electron chi connectivity index (χ4n) is 3.18. The number of rotatable bonds is 4. The van der Waals surface area contributed by atoms with Crippen molar-refractivity contribution in [2.75, 3.05) is 7.11 Å². The Morgan fingerprint density at radius 1 is 1.07 bits per heavy atom. The van der Waals surface area contributed by atoms with Gasteiger partial charge in [-0.2, -0.15) is 0 Å². The number of hydrogen-bond donors (Lipinski definition) is 0. The van der Waals surface area contributed by atoms with E-state index >= 15 is 0 Å². The number of aromatic nitrogens is 2. The molecule has 150 valence electrons. The molecule has 0 aliphatic carbocycles. The molecule has 2 heterocycles. The van der Waals surface area contributed by atoms with Crippen LogP contribution >= 0.6 is 39.1 Å². The van der Waals surface area contributed by atoms with Gasteiger partial charge in [0.2, 0.25) is 0 Å². The van der Waals surface area contributed by atoms with E-state index in [-0.39, 0.29) is 5.56 Å². The molecule has 8 heteroatoms. The number of ether oxygens (including phenoxy) is 1. The standard InChI is InChI=1S/C22H13BrCl2N2O3/c1-30-14-8-17(21(25)18(23)9-14)16-4-2-3-15(20(16)24)12-5-6-27-19(7-12)26-10-13(11-28)22(27)29/h2-11H,1H3. The minimum absolute atomic E-state index is 0.00137. The zero-order valence-electron chi connectivity index (χ0n) is 15.5. The number of benzene rings is 2. The van der Waals surface area contributed by atoms with Crippen molar-refractivity contribution in [2.24, 2.45) is 0 Å². The number of halogens is 3. The van der Waals surface area contributed by atoms with Gasteiger partial charge in [-0.1, -0.05) is 41.4 Å². The van der Waals surface area contributed by atoms with E-state index in [2.05, 4.69) is 20.9 Å². The minimum Gasteiger partial charge on any atom is -0.497 e. The Labute approximate surface area is 190 Å². The molecule has 2 aromatic carbocycles. The summed E-state index contributed by atoms with van der Waals surface area (Å²) < 4.78 is 7.36. The monoisotopic (exact) mass is 502 g/mol. The van der Waals surface area contributed by atoms with Gasteiger partial charge >= 0.3 is 0 Å². The highest BCUT2D eigenvalue weighted by atomic mass is 79.9. The summed E-state index contributed by atoms with van der Waals surface area (Å²) in [6.45, 7) is 0. The van der Waals surface area contributed by atoms with Gasteiger partial charge in [-0.3, -0.25) is 14.0 Å². The molecular weight excluding hydrogens is 491 g/mol. The number of carbonyl (C=O) groups is 1. The molecule has 0 bridgehead atoms. The van der Waals surface area contributed by atoms with E-state index < -0.39 is 5.56 Å². The molecule has 4 rings (SSSR count). The molecule has 0 unspecified atom stereocenters. The van der Waals surface area contributed by atoms with Crippen LogP contribution in [0.3, 0.4) is 0 Å². The lowest BCUT2D eigenvalue weighted by atomic mass is 9.99. The van der Waals surface area contributed by atoms with Crippen molar-refractivity contribution < 1.29 is 9.53 Å². The van der Waals surface area contributed by atoms with E-state index in [0.717, 1.165) is 22.3 Å². The van der Waals surface area contributed by atoms with Crippen LogP contribution in [0.1, 0.15) is 10.4 Å². The average molecular weight is 504 g/mol. The Balaban J connectivity index is 1.90. The average Bonchev–Trinajstić information content (AvgIpc) is 2.76. The number of nitrogens with zero attached hydrogens (tertiary/aromatic N) is 2. The van der Waals surface area contributed by atoms with Crippen LogP contribution in [0.5, 0.6) is 5.75 Å². The number of carbonyl (C=O) groups excluding carboxylic acids is 1. The molecule has 0 radical (unpaired) electrons. The number of aldehydes is 1. The molecule has 0 N–H and O–H groups in total. The second-order valence-electron chi connectivity index (χ2n) is 6.42. The van der Waals surface area contributed by atoms with Crippen molar-refractivity contribution in [1.82, 2.24) is 9.38 Å². The number of pyridine rings is 1. The van der Waals surface area contributed by atoms with E-state index in [9.17, 15) is 9.59 Å². The van der Waals surface area contributed by atoms with Crippen molar-refractivity contribution in [3.8, 4) is 28.0 Å². The lowest BCUT2D eigenvalue weighted by molar-refractivity contribution is 0.112. The normalized spacial score (nSPS) is 10.9. The largest absolute Gasteiger partial charge is 0.497 e. The molecule has 0 aliphatic rings. The summed E-state index contributed by atoms with van der Waals surface area (Å²) in [5.74, 6) is 0.642. The van der Waals surface area contributed by atoms with E-state index in [1.54, 1.807) is 31.5 Å². The fourth-order valence-corrected chi connectivity index (χ4v) is 4.17.